The first-order valence-corrected chi connectivity index (χ1v) is 8.30. The zero-order valence-electron chi connectivity index (χ0n) is 14.2. The number of aromatic nitrogens is 1. The topological polar surface area (TPSA) is 71.7 Å². The minimum absolute atomic E-state index is 0.565. The van der Waals surface area contributed by atoms with Crippen molar-refractivity contribution in [3.63, 3.8) is 0 Å². The van der Waals surface area contributed by atoms with Crippen LogP contribution in [-0.4, -0.2) is 24.8 Å². The van der Waals surface area contributed by atoms with Gasteiger partial charge >= 0.3 is 0 Å². The van der Waals surface area contributed by atoms with Gasteiger partial charge in [0.25, 0.3) is 0 Å². The fourth-order valence-electron chi connectivity index (χ4n) is 2.34. The van der Waals surface area contributed by atoms with Crippen LogP contribution in [0.5, 0.6) is 5.75 Å². The maximum absolute atomic E-state index is 6.00. The van der Waals surface area contributed by atoms with Crippen molar-refractivity contribution in [2.75, 3.05) is 13.7 Å². The quantitative estimate of drug-likeness (QED) is 0.604. The third-order valence-electron chi connectivity index (χ3n) is 3.99. The van der Waals surface area contributed by atoms with Gasteiger partial charge in [0.1, 0.15) is 17.7 Å². The predicted molar refractivity (Wildman–Crippen MR) is 92.9 cm³/mol. The minimum atomic E-state index is 0.565. The Balaban J connectivity index is 1.55. The van der Waals surface area contributed by atoms with E-state index in [1.54, 1.807) is 13.3 Å². The van der Waals surface area contributed by atoms with Crippen LogP contribution in [0.25, 0.3) is 0 Å². The molecule has 0 unspecified atom stereocenters. The Morgan fingerprint density at radius 3 is 2.83 bits per heavy atom. The summed E-state index contributed by atoms with van der Waals surface area (Å²) in [6.45, 7) is 4.11. The second kappa shape index (κ2) is 7.86. The second-order valence-electron chi connectivity index (χ2n) is 6.14. The zero-order chi connectivity index (χ0) is 16.8. The lowest BCUT2D eigenvalue weighted by atomic mass is 10.1. The molecule has 0 bridgehead atoms. The molecule has 1 aliphatic carbocycles. The van der Waals surface area contributed by atoms with Gasteiger partial charge in [0.15, 0.2) is 5.96 Å². The number of hydrogen-bond acceptors (Lipinski definition) is 4. The molecule has 128 valence electrons. The smallest absolute Gasteiger partial charge is 0.191 e. The molecule has 0 spiro atoms. The molecule has 1 aromatic heterocycles. The van der Waals surface area contributed by atoms with E-state index in [4.69, 9.17) is 9.26 Å². The number of aliphatic imine (C=N–C) groups is 1. The first-order valence-electron chi connectivity index (χ1n) is 8.30. The van der Waals surface area contributed by atoms with E-state index in [9.17, 15) is 0 Å². The fourth-order valence-corrected chi connectivity index (χ4v) is 2.34. The lowest BCUT2D eigenvalue weighted by molar-refractivity contribution is 0.296. The molecule has 0 atom stereocenters. The molecule has 24 heavy (non-hydrogen) atoms. The molecule has 1 fully saturated rings. The molecule has 1 heterocycles. The van der Waals surface area contributed by atoms with Crippen molar-refractivity contribution in [1.82, 2.24) is 15.8 Å². The van der Waals surface area contributed by atoms with Gasteiger partial charge in [-0.3, -0.25) is 4.99 Å². The predicted octanol–water partition coefficient (Wildman–Crippen LogP) is 2.64. The van der Waals surface area contributed by atoms with Crippen molar-refractivity contribution in [2.45, 2.75) is 32.9 Å². The molecule has 0 radical (unpaired) electrons. The summed E-state index contributed by atoms with van der Waals surface area (Å²) in [5.41, 5.74) is 3.17. The summed E-state index contributed by atoms with van der Waals surface area (Å²) < 4.78 is 10.8. The molecular formula is C18H24N4O2. The van der Waals surface area contributed by atoms with Crippen LogP contribution in [0.15, 0.2) is 40.0 Å². The van der Waals surface area contributed by atoms with Gasteiger partial charge in [-0.2, -0.15) is 0 Å². The summed E-state index contributed by atoms with van der Waals surface area (Å²) in [4.78, 5) is 4.23. The summed E-state index contributed by atoms with van der Waals surface area (Å²) in [7, 11) is 1.75. The summed E-state index contributed by atoms with van der Waals surface area (Å²) in [6, 6.07) is 8.14. The largest absolute Gasteiger partial charge is 0.493 e. The molecule has 1 aromatic carbocycles. The summed E-state index contributed by atoms with van der Waals surface area (Å²) in [5, 5.41) is 10.4. The minimum Gasteiger partial charge on any atom is -0.493 e. The SMILES string of the molecule is CN=C(NCc1ccon1)NCc1ccc(C)cc1OCC1CC1. The van der Waals surface area contributed by atoms with E-state index >= 15 is 0 Å². The van der Waals surface area contributed by atoms with Crippen LogP contribution >= 0.6 is 0 Å². The number of nitrogens with one attached hydrogen (secondary N) is 2. The maximum Gasteiger partial charge on any atom is 0.191 e. The van der Waals surface area contributed by atoms with Crippen LogP contribution in [0.1, 0.15) is 29.7 Å². The number of ether oxygens (including phenoxy) is 1. The van der Waals surface area contributed by atoms with Gasteiger partial charge < -0.3 is 19.9 Å². The number of rotatable bonds is 7. The number of benzene rings is 1. The van der Waals surface area contributed by atoms with Crippen LogP contribution in [0.2, 0.25) is 0 Å². The highest BCUT2D eigenvalue weighted by molar-refractivity contribution is 5.79. The molecule has 1 saturated carbocycles. The van der Waals surface area contributed by atoms with E-state index in [-0.39, 0.29) is 0 Å². The average Bonchev–Trinajstić information content (AvgIpc) is 3.28. The molecule has 2 aromatic rings. The van der Waals surface area contributed by atoms with E-state index in [0.29, 0.717) is 19.0 Å². The Bertz CT molecular complexity index is 678. The van der Waals surface area contributed by atoms with Gasteiger partial charge in [0.2, 0.25) is 0 Å². The maximum atomic E-state index is 6.00. The number of guanidine groups is 1. The van der Waals surface area contributed by atoms with Crippen molar-refractivity contribution >= 4 is 5.96 Å². The van der Waals surface area contributed by atoms with Crippen LogP contribution in [0.4, 0.5) is 0 Å². The first kappa shape index (κ1) is 16.4. The van der Waals surface area contributed by atoms with Crippen LogP contribution in [0, 0.1) is 12.8 Å². The standard InChI is InChI=1S/C18H24N4O2/c1-13-3-6-15(17(9-13)23-12-14-4-5-14)10-20-18(19-2)21-11-16-7-8-24-22-16/h3,6-9,14H,4-5,10-12H2,1-2H3,(H2,19,20,21). The van der Waals surface area contributed by atoms with Crippen molar-refractivity contribution in [2.24, 2.45) is 10.9 Å². The van der Waals surface area contributed by atoms with Gasteiger partial charge in [-0.05, 0) is 37.3 Å². The van der Waals surface area contributed by atoms with Gasteiger partial charge in [-0.1, -0.05) is 17.3 Å². The monoisotopic (exact) mass is 328 g/mol. The molecule has 0 aliphatic heterocycles. The molecule has 6 nitrogen and oxygen atoms in total. The highest BCUT2D eigenvalue weighted by Crippen LogP contribution is 2.30. The first-order chi connectivity index (χ1) is 11.7. The molecule has 1 aliphatic rings. The van der Waals surface area contributed by atoms with E-state index in [2.05, 4.69) is 45.9 Å². The van der Waals surface area contributed by atoms with Gasteiger partial charge in [-0.15, -0.1) is 0 Å². The molecule has 3 rings (SSSR count). The van der Waals surface area contributed by atoms with Gasteiger partial charge in [-0.25, -0.2) is 0 Å². The van der Waals surface area contributed by atoms with Crippen LogP contribution in [-0.2, 0) is 13.1 Å². The fraction of sp³-hybridized carbons (Fsp3) is 0.444. The van der Waals surface area contributed by atoms with Crippen molar-refractivity contribution < 1.29 is 9.26 Å². The summed E-state index contributed by atoms with van der Waals surface area (Å²) in [6.07, 6.45) is 4.14. The van der Waals surface area contributed by atoms with Crippen LogP contribution in [0.3, 0.4) is 0 Å². The number of hydrogen-bond donors (Lipinski definition) is 2. The molecule has 0 saturated heterocycles. The Hall–Kier alpha value is -2.50. The Morgan fingerprint density at radius 2 is 2.12 bits per heavy atom. The van der Waals surface area contributed by atoms with E-state index in [1.807, 2.05) is 6.07 Å². The number of aryl methyl sites for hydroxylation is 1. The highest BCUT2D eigenvalue weighted by atomic mass is 16.5. The van der Waals surface area contributed by atoms with E-state index in [1.165, 1.54) is 18.4 Å². The van der Waals surface area contributed by atoms with Gasteiger partial charge in [0, 0.05) is 25.2 Å². The second-order valence-corrected chi connectivity index (χ2v) is 6.14. The van der Waals surface area contributed by atoms with Crippen molar-refractivity contribution in [3.8, 4) is 5.75 Å². The normalized spacial score (nSPS) is 14.5. The van der Waals surface area contributed by atoms with Crippen LogP contribution < -0.4 is 15.4 Å². The lowest BCUT2D eigenvalue weighted by Gasteiger charge is -2.15. The van der Waals surface area contributed by atoms with Crippen molar-refractivity contribution in [3.05, 3.63) is 47.3 Å². The Morgan fingerprint density at radius 1 is 1.29 bits per heavy atom. The number of nitrogens with zero attached hydrogens (tertiary/aromatic N) is 2. The molecular weight excluding hydrogens is 304 g/mol. The third kappa shape index (κ3) is 4.75. The molecule has 6 heteroatoms. The van der Waals surface area contributed by atoms with Crippen molar-refractivity contribution in [1.29, 1.82) is 0 Å². The van der Waals surface area contributed by atoms with Gasteiger partial charge in [0.05, 0.1) is 13.2 Å². The van der Waals surface area contributed by atoms with E-state index < -0.39 is 0 Å². The molecule has 0 amide bonds. The Kier molecular flexibility index (Phi) is 5.36. The highest BCUT2D eigenvalue weighted by Gasteiger charge is 2.22. The Labute approximate surface area is 142 Å². The zero-order valence-corrected chi connectivity index (χ0v) is 14.2. The summed E-state index contributed by atoms with van der Waals surface area (Å²) in [5.74, 6) is 2.41. The average molecular weight is 328 g/mol. The summed E-state index contributed by atoms with van der Waals surface area (Å²) >= 11 is 0. The van der Waals surface area contributed by atoms with E-state index in [0.717, 1.165) is 29.5 Å². The lowest BCUT2D eigenvalue weighted by Crippen LogP contribution is -2.36. The third-order valence-corrected chi connectivity index (χ3v) is 3.99. The molecule has 2 N–H and O–H groups in total.